The lowest BCUT2D eigenvalue weighted by molar-refractivity contribution is -0.149. The Morgan fingerprint density at radius 2 is 1.95 bits per heavy atom. The lowest BCUT2D eigenvalue weighted by Gasteiger charge is -2.30. The fraction of sp³-hybridized carbons (Fsp3) is 0.562. The van der Waals surface area contributed by atoms with E-state index < -0.39 is 0 Å². The van der Waals surface area contributed by atoms with Crippen LogP contribution in [0.5, 0.6) is 11.5 Å². The third-order valence-corrected chi connectivity index (χ3v) is 3.72. The number of ether oxygens (including phenoxy) is 2. The summed E-state index contributed by atoms with van der Waals surface area (Å²) in [6.07, 6.45) is 1.72. The number of hydrogen-bond donors (Lipinski definition) is 1. The number of esters is 1. The molecule has 0 bridgehead atoms. The highest BCUT2D eigenvalue weighted by atomic mass is 16.5. The van der Waals surface area contributed by atoms with Crippen LogP contribution in [-0.2, 0) is 9.53 Å². The van der Waals surface area contributed by atoms with E-state index in [1.54, 1.807) is 24.3 Å². The standard InChI is InChI=1S/C16H23NO4/c1-2-20-16(19)13-7-9-17(10-8-13)11-12-21-15-5-3-14(18)4-6-15/h3-6,13,18H,2,7-12H2,1H3. The molecule has 1 heterocycles. The maximum Gasteiger partial charge on any atom is 0.309 e. The van der Waals surface area contributed by atoms with E-state index in [4.69, 9.17) is 9.47 Å². The van der Waals surface area contributed by atoms with Crippen LogP contribution in [0, 0.1) is 5.92 Å². The van der Waals surface area contributed by atoms with Crippen LogP contribution in [0.15, 0.2) is 24.3 Å². The zero-order valence-electron chi connectivity index (χ0n) is 12.5. The number of phenols is 1. The third-order valence-electron chi connectivity index (χ3n) is 3.72. The second kappa shape index (κ2) is 7.88. The van der Waals surface area contributed by atoms with Gasteiger partial charge in [0, 0.05) is 6.54 Å². The quantitative estimate of drug-likeness (QED) is 0.813. The van der Waals surface area contributed by atoms with Crippen LogP contribution >= 0.6 is 0 Å². The number of phenolic OH excluding ortho intramolecular Hbond substituents is 1. The largest absolute Gasteiger partial charge is 0.508 e. The maximum atomic E-state index is 11.6. The third kappa shape index (κ3) is 4.93. The van der Waals surface area contributed by atoms with E-state index in [1.165, 1.54) is 0 Å². The molecule has 1 aliphatic rings. The predicted molar refractivity (Wildman–Crippen MR) is 79.4 cm³/mol. The molecule has 1 aromatic carbocycles. The van der Waals surface area contributed by atoms with Crippen molar-refractivity contribution >= 4 is 5.97 Å². The molecule has 0 aromatic heterocycles. The van der Waals surface area contributed by atoms with Crippen LogP contribution in [0.2, 0.25) is 0 Å². The summed E-state index contributed by atoms with van der Waals surface area (Å²) in [7, 11) is 0. The van der Waals surface area contributed by atoms with Crippen molar-refractivity contribution in [2.75, 3.05) is 32.8 Å². The van der Waals surface area contributed by atoms with Gasteiger partial charge < -0.3 is 14.6 Å². The lowest BCUT2D eigenvalue weighted by atomic mass is 9.97. The van der Waals surface area contributed by atoms with E-state index in [9.17, 15) is 9.90 Å². The van der Waals surface area contributed by atoms with E-state index in [0.29, 0.717) is 13.2 Å². The van der Waals surface area contributed by atoms with Gasteiger partial charge in [-0.3, -0.25) is 9.69 Å². The van der Waals surface area contributed by atoms with Gasteiger partial charge in [-0.15, -0.1) is 0 Å². The minimum absolute atomic E-state index is 0.0548. The van der Waals surface area contributed by atoms with Crippen LogP contribution < -0.4 is 4.74 Å². The summed E-state index contributed by atoms with van der Waals surface area (Å²) in [4.78, 5) is 13.9. The summed E-state index contributed by atoms with van der Waals surface area (Å²) >= 11 is 0. The normalized spacial score (nSPS) is 16.6. The van der Waals surface area contributed by atoms with Gasteiger partial charge in [-0.2, -0.15) is 0 Å². The van der Waals surface area contributed by atoms with Crippen molar-refractivity contribution in [1.29, 1.82) is 0 Å². The van der Waals surface area contributed by atoms with Crippen molar-refractivity contribution in [3.05, 3.63) is 24.3 Å². The molecule has 0 atom stereocenters. The van der Waals surface area contributed by atoms with Crippen molar-refractivity contribution in [2.24, 2.45) is 5.92 Å². The van der Waals surface area contributed by atoms with Gasteiger partial charge in [-0.1, -0.05) is 0 Å². The summed E-state index contributed by atoms with van der Waals surface area (Å²) in [5.74, 6) is 0.995. The molecule has 1 saturated heterocycles. The number of carbonyl (C=O) groups excluding carboxylic acids is 1. The first kappa shape index (κ1) is 15.6. The molecule has 0 aliphatic carbocycles. The van der Waals surface area contributed by atoms with Gasteiger partial charge >= 0.3 is 5.97 Å². The molecule has 0 amide bonds. The van der Waals surface area contributed by atoms with E-state index in [0.717, 1.165) is 38.2 Å². The summed E-state index contributed by atoms with van der Waals surface area (Å²) in [6, 6.07) is 6.73. The highest BCUT2D eigenvalue weighted by Gasteiger charge is 2.25. The Kier molecular flexibility index (Phi) is 5.87. The number of aromatic hydroxyl groups is 1. The molecule has 0 unspecified atom stereocenters. The first-order chi connectivity index (χ1) is 10.2. The Morgan fingerprint density at radius 3 is 2.57 bits per heavy atom. The van der Waals surface area contributed by atoms with Gasteiger partial charge in [-0.25, -0.2) is 0 Å². The minimum Gasteiger partial charge on any atom is -0.508 e. The minimum atomic E-state index is -0.0579. The Hall–Kier alpha value is -1.75. The van der Waals surface area contributed by atoms with Crippen molar-refractivity contribution in [2.45, 2.75) is 19.8 Å². The lowest BCUT2D eigenvalue weighted by Crippen LogP contribution is -2.39. The monoisotopic (exact) mass is 293 g/mol. The molecule has 5 heteroatoms. The number of piperidine rings is 1. The zero-order valence-corrected chi connectivity index (χ0v) is 12.5. The van der Waals surface area contributed by atoms with Gasteiger partial charge in [0.15, 0.2) is 0 Å². The van der Waals surface area contributed by atoms with Gasteiger partial charge in [-0.05, 0) is 57.1 Å². The van der Waals surface area contributed by atoms with Crippen LogP contribution in [0.1, 0.15) is 19.8 Å². The Morgan fingerprint density at radius 1 is 1.29 bits per heavy atom. The molecule has 0 saturated carbocycles. The first-order valence-corrected chi connectivity index (χ1v) is 7.50. The van der Waals surface area contributed by atoms with Crippen molar-refractivity contribution < 1.29 is 19.4 Å². The molecule has 116 valence electrons. The first-order valence-electron chi connectivity index (χ1n) is 7.50. The van der Waals surface area contributed by atoms with Crippen LogP contribution in [0.3, 0.4) is 0 Å². The number of benzene rings is 1. The van der Waals surface area contributed by atoms with E-state index >= 15 is 0 Å². The van der Waals surface area contributed by atoms with Crippen molar-refractivity contribution in [1.82, 2.24) is 4.90 Å². The SMILES string of the molecule is CCOC(=O)C1CCN(CCOc2ccc(O)cc2)CC1. The summed E-state index contributed by atoms with van der Waals surface area (Å²) in [5, 5.41) is 9.19. The van der Waals surface area contributed by atoms with E-state index in [2.05, 4.69) is 4.90 Å². The second-order valence-electron chi connectivity index (χ2n) is 5.21. The van der Waals surface area contributed by atoms with E-state index in [1.807, 2.05) is 6.92 Å². The summed E-state index contributed by atoms with van der Waals surface area (Å²) in [6.45, 7) is 5.56. The number of carbonyl (C=O) groups is 1. The Labute approximate surface area is 125 Å². The molecule has 21 heavy (non-hydrogen) atoms. The van der Waals surface area contributed by atoms with Gasteiger partial charge in [0.1, 0.15) is 18.1 Å². The van der Waals surface area contributed by atoms with Gasteiger partial charge in [0.2, 0.25) is 0 Å². The molecular weight excluding hydrogens is 270 g/mol. The number of rotatable bonds is 6. The van der Waals surface area contributed by atoms with Crippen LogP contribution in [0.4, 0.5) is 0 Å². The van der Waals surface area contributed by atoms with Crippen LogP contribution in [0.25, 0.3) is 0 Å². The molecule has 1 aliphatic heterocycles. The average Bonchev–Trinajstić information content (AvgIpc) is 2.50. The van der Waals surface area contributed by atoms with E-state index in [-0.39, 0.29) is 17.6 Å². The van der Waals surface area contributed by atoms with Gasteiger partial charge in [0.05, 0.1) is 12.5 Å². The molecule has 0 radical (unpaired) electrons. The van der Waals surface area contributed by atoms with Gasteiger partial charge in [0.25, 0.3) is 0 Å². The predicted octanol–water partition coefficient (Wildman–Crippen LogP) is 2.05. The highest BCUT2D eigenvalue weighted by molar-refractivity contribution is 5.72. The van der Waals surface area contributed by atoms with Crippen molar-refractivity contribution in [3.63, 3.8) is 0 Å². The molecule has 1 N–H and O–H groups in total. The topological polar surface area (TPSA) is 59.0 Å². The highest BCUT2D eigenvalue weighted by Crippen LogP contribution is 2.19. The van der Waals surface area contributed by atoms with Crippen LogP contribution in [-0.4, -0.2) is 48.8 Å². The fourth-order valence-electron chi connectivity index (χ4n) is 2.49. The molecule has 2 rings (SSSR count). The number of hydrogen-bond acceptors (Lipinski definition) is 5. The number of likely N-dealkylation sites (tertiary alicyclic amines) is 1. The zero-order chi connectivity index (χ0) is 15.1. The summed E-state index contributed by atoms with van der Waals surface area (Å²) < 4.78 is 10.7. The molecule has 0 spiro atoms. The Balaban J connectivity index is 1.65. The molecular formula is C16H23NO4. The summed E-state index contributed by atoms with van der Waals surface area (Å²) in [5.41, 5.74) is 0. The number of nitrogens with zero attached hydrogens (tertiary/aromatic N) is 1. The molecule has 1 aromatic rings. The molecule has 1 fully saturated rings. The average molecular weight is 293 g/mol. The fourth-order valence-corrected chi connectivity index (χ4v) is 2.49. The smallest absolute Gasteiger partial charge is 0.309 e. The second-order valence-corrected chi connectivity index (χ2v) is 5.21. The maximum absolute atomic E-state index is 11.6. The Bertz CT molecular complexity index is 438. The van der Waals surface area contributed by atoms with Crippen molar-refractivity contribution in [3.8, 4) is 11.5 Å². The molecule has 5 nitrogen and oxygen atoms in total.